The summed E-state index contributed by atoms with van der Waals surface area (Å²) in [6.07, 6.45) is 0.0538. The smallest absolute Gasteiger partial charge is 0.366 e. The topological polar surface area (TPSA) is 164 Å². The number of nitrogens with one attached hydrogen (secondary N) is 1. The van der Waals surface area contributed by atoms with E-state index in [1.54, 1.807) is 20.8 Å². The molecule has 1 aromatic carbocycles. The highest BCUT2D eigenvalue weighted by molar-refractivity contribution is 7.67. The van der Waals surface area contributed by atoms with Gasteiger partial charge in [0, 0.05) is 29.7 Å². The third-order valence-electron chi connectivity index (χ3n) is 4.17. The van der Waals surface area contributed by atoms with Crippen molar-refractivity contribution in [3.8, 4) is 5.75 Å². The Morgan fingerprint density at radius 1 is 1.16 bits per heavy atom. The number of benzene rings is 1. The molecule has 1 aromatic heterocycles. The van der Waals surface area contributed by atoms with Gasteiger partial charge in [0.25, 0.3) is 17.4 Å². The number of anilines is 1. The maximum atomic E-state index is 13.3. The highest BCUT2D eigenvalue weighted by Gasteiger charge is 2.28. The van der Waals surface area contributed by atoms with E-state index in [0.29, 0.717) is 5.56 Å². The van der Waals surface area contributed by atoms with Crippen LogP contribution in [-0.4, -0.2) is 40.1 Å². The minimum absolute atomic E-state index is 0.0538. The van der Waals surface area contributed by atoms with E-state index in [1.165, 1.54) is 24.3 Å². The summed E-state index contributed by atoms with van der Waals surface area (Å²) in [5, 5.41) is 24.5. The van der Waals surface area contributed by atoms with E-state index in [-0.39, 0.29) is 35.3 Å². The predicted molar refractivity (Wildman–Crippen MR) is 112 cm³/mol. The summed E-state index contributed by atoms with van der Waals surface area (Å²) < 4.78 is 24.0. The lowest BCUT2D eigenvalue weighted by molar-refractivity contribution is -0.389. The molecule has 1 unspecified atom stereocenters. The number of nitrogens with zero attached hydrogens (tertiary/aromatic N) is 3. The molecule has 0 radical (unpaired) electrons. The fourth-order valence-corrected chi connectivity index (χ4v) is 4.59. The maximum Gasteiger partial charge on any atom is 0.366 e. The lowest BCUT2D eigenvalue weighted by Gasteiger charge is -2.18. The minimum Gasteiger partial charge on any atom is -0.488 e. The molecule has 1 atom stereocenters. The van der Waals surface area contributed by atoms with Gasteiger partial charge in [-0.3, -0.25) is 24.8 Å². The molecule has 0 aliphatic rings. The van der Waals surface area contributed by atoms with Gasteiger partial charge in [-0.15, -0.1) is 0 Å². The molecule has 31 heavy (non-hydrogen) atoms. The number of nitro groups is 2. The van der Waals surface area contributed by atoms with E-state index in [4.69, 9.17) is 9.26 Å². The molecule has 0 saturated carbocycles. The van der Waals surface area contributed by atoms with E-state index < -0.39 is 35.5 Å². The Labute approximate surface area is 177 Å². The Balaban J connectivity index is 2.19. The summed E-state index contributed by atoms with van der Waals surface area (Å²) in [6, 6.07) is 6.30. The van der Waals surface area contributed by atoms with Gasteiger partial charge in [0.15, 0.2) is 5.75 Å². The molecule has 0 aliphatic heterocycles. The molecule has 0 fully saturated rings. The highest BCUT2D eigenvalue weighted by Crippen LogP contribution is 2.46. The van der Waals surface area contributed by atoms with Gasteiger partial charge in [-0.25, -0.2) is 0 Å². The molecule has 1 heterocycles. The van der Waals surface area contributed by atoms with E-state index in [2.05, 4.69) is 10.3 Å². The lowest BCUT2D eigenvalue weighted by Crippen LogP contribution is -2.22. The van der Waals surface area contributed by atoms with Crippen LogP contribution in [0, 0.1) is 27.2 Å². The van der Waals surface area contributed by atoms with Crippen LogP contribution in [0.3, 0.4) is 0 Å². The monoisotopic (exact) mass is 452 g/mol. The quantitative estimate of drug-likeness (QED) is 0.324. The largest absolute Gasteiger partial charge is 0.488 e. The van der Waals surface area contributed by atoms with Gasteiger partial charge in [0.05, 0.1) is 11.5 Å². The fourth-order valence-electron chi connectivity index (χ4n) is 2.70. The van der Waals surface area contributed by atoms with Crippen LogP contribution in [0.5, 0.6) is 5.75 Å². The number of hydrogen-bond acceptors (Lipinski definition) is 9. The zero-order valence-electron chi connectivity index (χ0n) is 17.1. The first-order valence-electron chi connectivity index (χ1n) is 9.18. The molecule has 1 N–H and O–H groups in total. The normalized spacial score (nSPS) is 12.6. The summed E-state index contributed by atoms with van der Waals surface area (Å²) >= 11 is 0. The summed E-state index contributed by atoms with van der Waals surface area (Å²) in [5.41, 5.74) is 0.251. The van der Waals surface area contributed by atoms with Crippen LogP contribution < -0.4 is 15.4 Å². The van der Waals surface area contributed by atoms with Crippen LogP contribution in [-0.2, 0) is 13.9 Å². The van der Waals surface area contributed by atoms with Gasteiger partial charge in [0.1, 0.15) is 6.61 Å². The molecule has 0 saturated heterocycles. The number of aryl methyl sites for hydroxylation is 1. The van der Waals surface area contributed by atoms with E-state index in [0.717, 1.165) is 6.07 Å². The van der Waals surface area contributed by atoms with Gasteiger partial charge >= 0.3 is 5.82 Å². The minimum atomic E-state index is -3.49. The van der Waals surface area contributed by atoms with Gasteiger partial charge < -0.3 is 19.4 Å². The number of carbonyl (C=O) groups is 1. The molecule has 1 amide bonds. The van der Waals surface area contributed by atoms with Gasteiger partial charge in [-0.2, -0.15) is 0 Å². The first-order chi connectivity index (χ1) is 14.6. The number of nitro benzene ring substituents is 1. The zero-order chi connectivity index (χ0) is 23.2. The first kappa shape index (κ1) is 23.9. The molecule has 12 nitrogen and oxygen atoms in total. The third kappa shape index (κ3) is 5.83. The third-order valence-corrected chi connectivity index (χ3v) is 6.78. The van der Waals surface area contributed by atoms with E-state index in [1.807, 2.05) is 0 Å². The Morgan fingerprint density at radius 3 is 2.42 bits per heavy atom. The molecular weight excluding hydrogens is 431 g/mol. The second-order valence-corrected chi connectivity index (χ2v) is 8.96. The summed E-state index contributed by atoms with van der Waals surface area (Å²) in [5.74, 6) is -1.27. The fraction of sp³-hybridized carbons (Fsp3) is 0.333. The summed E-state index contributed by atoms with van der Waals surface area (Å²) in [7, 11) is -3.49. The van der Waals surface area contributed by atoms with Crippen molar-refractivity contribution in [2.24, 2.45) is 0 Å². The Hall–Kier alpha value is -3.37. The van der Waals surface area contributed by atoms with Crippen molar-refractivity contribution in [2.75, 3.05) is 24.7 Å². The van der Waals surface area contributed by atoms with Crippen molar-refractivity contribution >= 4 is 35.9 Å². The van der Waals surface area contributed by atoms with Crippen LogP contribution in [0.4, 0.5) is 17.3 Å². The van der Waals surface area contributed by atoms with Crippen LogP contribution in [0.25, 0.3) is 0 Å². The van der Waals surface area contributed by atoms with Crippen molar-refractivity contribution in [3.63, 3.8) is 0 Å². The highest BCUT2D eigenvalue weighted by atomic mass is 31.2. The van der Waals surface area contributed by atoms with Gasteiger partial charge in [-0.1, -0.05) is 6.92 Å². The molecule has 0 bridgehead atoms. The summed E-state index contributed by atoms with van der Waals surface area (Å²) in [4.78, 5) is 36.7. The molecular formula is C18H21N4O8P. The number of amides is 1. The second-order valence-electron chi connectivity index (χ2n) is 6.25. The first-order valence-corrected chi connectivity index (χ1v) is 11.0. The SMILES string of the molecule is CCOc1ccc([N+](=O)[O-])nc1NC(=O)COP(=O)(CC)c1ccc([N+](=O)[O-])cc1C. The average molecular weight is 452 g/mol. The van der Waals surface area contributed by atoms with Gasteiger partial charge in [-0.05, 0) is 41.5 Å². The number of pyridine rings is 1. The van der Waals surface area contributed by atoms with Crippen LogP contribution in [0.2, 0.25) is 0 Å². The van der Waals surface area contributed by atoms with E-state index >= 15 is 0 Å². The van der Waals surface area contributed by atoms with E-state index in [9.17, 15) is 29.6 Å². The number of ether oxygens (including phenoxy) is 1. The number of aromatic nitrogens is 1. The second kappa shape index (κ2) is 10.1. The molecule has 166 valence electrons. The molecule has 0 spiro atoms. The van der Waals surface area contributed by atoms with Gasteiger partial charge in [0.2, 0.25) is 7.37 Å². The van der Waals surface area contributed by atoms with Crippen molar-refractivity contribution < 1.29 is 28.5 Å². The van der Waals surface area contributed by atoms with Crippen molar-refractivity contribution in [3.05, 3.63) is 56.1 Å². The Kier molecular flexibility index (Phi) is 7.78. The predicted octanol–water partition coefficient (Wildman–Crippen LogP) is 3.18. The van der Waals surface area contributed by atoms with Crippen LogP contribution in [0.15, 0.2) is 30.3 Å². The molecule has 13 heteroatoms. The van der Waals surface area contributed by atoms with Crippen molar-refractivity contribution in [1.82, 2.24) is 4.98 Å². The standard InChI is InChI=1S/C18H21N4O8P/c1-4-29-14-7-9-16(22(26)27)19-18(14)20-17(23)11-30-31(28,5-2)15-8-6-13(21(24)25)10-12(15)3/h6-10H,4-5,11H2,1-3H3,(H,19,20,23). The number of non-ortho nitro benzene ring substituents is 1. The lowest BCUT2D eigenvalue weighted by atomic mass is 10.2. The Bertz CT molecular complexity index is 1060. The molecule has 2 aromatic rings. The zero-order valence-corrected chi connectivity index (χ0v) is 18.0. The van der Waals surface area contributed by atoms with Crippen LogP contribution >= 0.6 is 7.37 Å². The number of rotatable bonds is 10. The van der Waals surface area contributed by atoms with Crippen LogP contribution in [0.1, 0.15) is 19.4 Å². The Morgan fingerprint density at radius 2 is 1.87 bits per heavy atom. The van der Waals surface area contributed by atoms with Crippen molar-refractivity contribution in [1.29, 1.82) is 0 Å². The summed E-state index contributed by atoms with van der Waals surface area (Å²) in [6.45, 7) is 4.48. The molecule has 2 rings (SSSR count). The number of carbonyl (C=O) groups excluding carboxylic acids is 1. The van der Waals surface area contributed by atoms with Crippen molar-refractivity contribution in [2.45, 2.75) is 20.8 Å². The molecule has 0 aliphatic carbocycles. The number of hydrogen-bond donors (Lipinski definition) is 1. The maximum absolute atomic E-state index is 13.3. The average Bonchev–Trinajstić information content (AvgIpc) is 2.73.